The van der Waals surface area contributed by atoms with Gasteiger partial charge in [0.1, 0.15) is 11.8 Å². The number of rotatable bonds is 8. The molecule has 2 heterocycles. The van der Waals surface area contributed by atoms with Crippen LogP contribution in [-0.4, -0.2) is 55.8 Å². The number of esters is 1. The molecule has 0 saturated heterocycles. The van der Waals surface area contributed by atoms with Gasteiger partial charge >= 0.3 is 5.97 Å². The molecule has 0 spiro atoms. The van der Waals surface area contributed by atoms with Crippen molar-refractivity contribution in [1.29, 1.82) is 0 Å². The molecule has 2 aromatic carbocycles. The van der Waals surface area contributed by atoms with Crippen LogP contribution >= 0.6 is 11.8 Å². The zero-order valence-corrected chi connectivity index (χ0v) is 22.4. The van der Waals surface area contributed by atoms with E-state index in [1.807, 2.05) is 0 Å². The number of aliphatic imine (C=N–C) groups is 1. The van der Waals surface area contributed by atoms with Gasteiger partial charge < -0.3 is 24.3 Å². The van der Waals surface area contributed by atoms with Crippen LogP contribution < -0.4 is 19.5 Å². The number of carbonyl (C=O) groups excluding carboxylic acids is 3. The molecule has 0 radical (unpaired) electrons. The number of methoxy groups -OCH3 is 3. The molecule has 198 valence electrons. The Morgan fingerprint density at radius 3 is 2.42 bits per heavy atom. The first-order chi connectivity index (χ1) is 18.3. The molecule has 0 unspecified atom stereocenters. The van der Waals surface area contributed by atoms with Crippen LogP contribution in [0.3, 0.4) is 0 Å². The molecule has 11 heteroatoms. The molecule has 0 fully saturated rings. The Morgan fingerprint density at radius 1 is 1.05 bits per heavy atom. The van der Waals surface area contributed by atoms with Gasteiger partial charge in [-0.2, -0.15) is 0 Å². The molecule has 1 atom stereocenters. The Hall–Kier alpha value is -4.25. The number of hydrogen-bond donors (Lipinski definition) is 1. The van der Waals surface area contributed by atoms with Gasteiger partial charge in [0.05, 0.1) is 44.1 Å². The third-order valence-corrected chi connectivity index (χ3v) is 6.87. The van der Waals surface area contributed by atoms with Crippen LogP contribution in [0.25, 0.3) is 0 Å². The van der Waals surface area contributed by atoms with E-state index in [0.29, 0.717) is 34.2 Å². The van der Waals surface area contributed by atoms with Crippen molar-refractivity contribution >= 4 is 40.4 Å². The van der Waals surface area contributed by atoms with Crippen molar-refractivity contribution < 1.29 is 33.3 Å². The number of amides is 2. The molecule has 0 saturated carbocycles. The standard InChI is InChI=1S/C27H27N3O7S/c1-6-37-26(33)22-15(2)28-27-30(23(22)18-8-7-9-19(35-4)24(18)36-5)21(31)14-20(38-27)25(32)29-16-10-12-17(34-3)13-11-16/h7-14,23H,6H2,1-5H3,(H,29,32)/t23-/m0/s1. The predicted octanol–water partition coefficient (Wildman–Crippen LogP) is 4.06. The van der Waals surface area contributed by atoms with Crippen LogP contribution in [0.15, 0.2) is 69.7 Å². The maximum Gasteiger partial charge on any atom is 0.338 e. The van der Waals surface area contributed by atoms with Gasteiger partial charge in [0.25, 0.3) is 11.8 Å². The number of allylic oxidation sites excluding steroid dienone is 1. The fourth-order valence-corrected chi connectivity index (χ4v) is 5.14. The molecule has 10 nitrogen and oxygen atoms in total. The Kier molecular flexibility index (Phi) is 8.06. The van der Waals surface area contributed by atoms with E-state index >= 15 is 0 Å². The van der Waals surface area contributed by atoms with E-state index in [9.17, 15) is 14.4 Å². The lowest BCUT2D eigenvalue weighted by atomic mass is 9.93. The zero-order chi connectivity index (χ0) is 27.4. The lowest BCUT2D eigenvalue weighted by Gasteiger charge is -2.38. The number of ether oxygens (including phenoxy) is 4. The maximum absolute atomic E-state index is 13.6. The van der Waals surface area contributed by atoms with Gasteiger partial charge in [-0.25, -0.2) is 9.79 Å². The Bertz CT molecular complexity index is 1370. The van der Waals surface area contributed by atoms with E-state index in [2.05, 4.69) is 10.3 Å². The van der Waals surface area contributed by atoms with E-state index < -0.39 is 23.8 Å². The second-order valence-corrected chi connectivity index (χ2v) is 9.11. The summed E-state index contributed by atoms with van der Waals surface area (Å²) in [6.07, 6.45) is 1.23. The molecule has 2 aromatic rings. The zero-order valence-electron chi connectivity index (χ0n) is 21.6. The largest absolute Gasteiger partial charge is 0.497 e. The lowest BCUT2D eigenvalue weighted by Crippen LogP contribution is -2.45. The van der Waals surface area contributed by atoms with E-state index in [0.717, 1.165) is 11.8 Å². The molecule has 4 rings (SSSR count). The molecule has 38 heavy (non-hydrogen) atoms. The SMILES string of the molecule is CCOC(=O)C1=C(C)N=C2SC(C(=O)Nc3ccc(OC)cc3)=CC(=O)N2[C@H]1c1cccc(OC)c1OC. The van der Waals surface area contributed by atoms with Gasteiger partial charge in [0.2, 0.25) is 0 Å². The topological polar surface area (TPSA) is 116 Å². The van der Waals surface area contributed by atoms with E-state index in [1.165, 1.54) is 25.2 Å². The number of amidine groups is 1. The summed E-state index contributed by atoms with van der Waals surface area (Å²) in [6, 6.07) is 11.1. The molecule has 1 N–H and O–H groups in total. The van der Waals surface area contributed by atoms with Crippen molar-refractivity contribution in [3.05, 3.63) is 70.3 Å². The summed E-state index contributed by atoms with van der Waals surface area (Å²) in [6.45, 7) is 3.51. The monoisotopic (exact) mass is 537 g/mol. The minimum absolute atomic E-state index is 0.145. The van der Waals surface area contributed by atoms with Crippen LogP contribution in [0.1, 0.15) is 25.5 Å². The summed E-state index contributed by atoms with van der Waals surface area (Å²) in [5, 5.41) is 3.03. The second kappa shape index (κ2) is 11.4. The second-order valence-electron chi connectivity index (χ2n) is 8.10. The highest BCUT2D eigenvalue weighted by Crippen LogP contribution is 2.46. The van der Waals surface area contributed by atoms with Crippen molar-refractivity contribution in [3.8, 4) is 17.2 Å². The molecule has 0 bridgehead atoms. The average molecular weight is 538 g/mol. The van der Waals surface area contributed by atoms with Crippen molar-refractivity contribution in [3.63, 3.8) is 0 Å². The summed E-state index contributed by atoms with van der Waals surface area (Å²) in [5.41, 5.74) is 1.60. The fourth-order valence-electron chi connectivity index (χ4n) is 4.17. The van der Waals surface area contributed by atoms with Gasteiger partial charge in [-0.05, 0) is 55.9 Å². The number of nitrogens with one attached hydrogen (secondary N) is 1. The third kappa shape index (κ3) is 5.10. The van der Waals surface area contributed by atoms with Crippen LogP contribution in [0.5, 0.6) is 17.2 Å². The summed E-state index contributed by atoms with van der Waals surface area (Å²) in [7, 11) is 4.53. The quantitative estimate of drug-likeness (QED) is 0.502. The number of thioether (sulfide) groups is 1. The molecule has 0 aliphatic carbocycles. The molecular formula is C27H27N3O7S. The Labute approximate surface area is 224 Å². The Morgan fingerprint density at radius 2 is 1.79 bits per heavy atom. The minimum atomic E-state index is -0.922. The summed E-state index contributed by atoms with van der Waals surface area (Å²) < 4.78 is 21.5. The normalized spacial score (nSPS) is 16.7. The van der Waals surface area contributed by atoms with Gasteiger partial charge in [-0.1, -0.05) is 12.1 Å². The van der Waals surface area contributed by atoms with Crippen LogP contribution in [-0.2, 0) is 19.1 Å². The van der Waals surface area contributed by atoms with Crippen LogP contribution in [0.2, 0.25) is 0 Å². The van der Waals surface area contributed by atoms with Gasteiger partial charge in [0.15, 0.2) is 16.7 Å². The fraction of sp³-hybridized carbons (Fsp3) is 0.259. The lowest BCUT2D eigenvalue weighted by molar-refractivity contribution is -0.139. The van der Waals surface area contributed by atoms with Gasteiger partial charge in [-0.3, -0.25) is 14.5 Å². The third-order valence-electron chi connectivity index (χ3n) is 5.88. The first-order valence-corrected chi connectivity index (χ1v) is 12.5. The highest BCUT2D eigenvalue weighted by Gasteiger charge is 2.44. The first-order valence-electron chi connectivity index (χ1n) is 11.7. The van der Waals surface area contributed by atoms with Crippen LogP contribution in [0.4, 0.5) is 5.69 Å². The molecule has 2 amide bonds. The van der Waals surface area contributed by atoms with E-state index in [1.54, 1.807) is 63.4 Å². The van der Waals surface area contributed by atoms with Gasteiger partial charge in [-0.15, -0.1) is 0 Å². The number of anilines is 1. The van der Waals surface area contributed by atoms with E-state index in [4.69, 9.17) is 18.9 Å². The molecular weight excluding hydrogens is 510 g/mol. The number of nitrogens with zero attached hydrogens (tertiary/aromatic N) is 2. The van der Waals surface area contributed by atoms with Crippen molar-refractivity contribution in [2.75, 3.05) is 33.3 Å². The number of para-hydroxylation sites is 1. The summed E-state index contributed by atoms with van der Waals surface area (Å²) in [4.78, 5) is 45.7. The molecule has 0 aromatic heterocycles. The number of benzene rings is 2. The highest BCUT2D eigenvalue weighted by molar-refractivity contribution is 8.18. The number of carbonyl (C=O) groups is 3. The van der Waals surface area contributed by atoms with Gasteiger partial charge in [0, 0.05) is 17.3 Å². The average Bonchev–Trinajstić information content (AvgIpc) is 2.92. The molecule has 2 aliphatic heterocycles. The number of fused-ring (bicyclic) bond motifs is 1. The maximum atomic E-state index is 13.6. The minimum Gasteiger partial charge on any atom is -0.497 e. The summed E-state index contributed by atoms with van der Waals surface area (Å²) >= 11 is 1.03. The smallest absolute Gasteiger partial charge is 0.338 e. The highest BCUT2D eigenvalue weighted by atomic mass is 32.2. The summed E-state index contributed by atoms with van der Waals surface area (Å²) in [5.74, 6) is -0.152. The molecule has 2 aliphatic rings. The predicted molar refractivity (Wildman–Crippen MR) is 143 cm³/mol. The number of hydrogen-bond acceptors (Lipinski definition) is 9. The first kappa shape index (κ1) is 26.8. The van der Waals surface area contributed by atoms with Crippen molar-refractivity contribution in [2.24, 2.45) is 4.99 Å². The van der Waals surface area contributed by atoms with Crippen molar-refractivity contribution in [1.82, 2.24) is 4.90 Å². The van der Waals surface area contributed by atoms with E-state index in [-0.39, 0.29) is 22.3 Å². The van der Waals surface area contributed by atoms with Crippen molar-refractivity contribution in [2.45, 2.75) is 19.9 Å². The van der Waals surface area contributed by atoms with Crippen LogP contribution in [0, 0.1) is 0 Å². The Balaban J connectivity index is 1.76.